The Hall–Kier alpha value is -1.65. The van der Waals surface area contributed by atoms with E-state index in [0.717, 1.165) is 29.5 Å². The van der Waals surface area contributed by atoms with Crippen LogP contribution in [0.25, 0.3) is 0 Å². The van der Waals surface area contributed by atoms with Crippen molar-refractivity contribution in [3.8, 4) is 0 Å². The predicted molar refractivity (Wildman–Crippen MR) is 102 cm³/mol. The van der Waals surface area contributed by atoms with E-state index in [4.69, 9.17) is 0 Å². The summed E-state index contributed by atoms with van der Waals surface area (Å²) in [6.45, 7) is 4.88. The highest BCUT2D eigenvalue weighted by Gasteiger charge is 2.28. The predicted octanol–water partition coefficient (Wildman–Crippen LogP) is 4.47. The number of amides is 1. The number of benzene rings is 2. The summed E-state index contributed by atoms with van der Waals surface area (Å²) in [7, 11) is 0. The van der Waals surface area contributed by atoms with E-state index in [9.17, 15) is 4.79 Å². The minimum Gasteiger partial charge on any atom is -0.310 e. The Morgan fingerprint density at radius 3 is 2.62 bits per heavy atom. The van der Waals surface area contributed by atoms with Crippen LogP contribution in [-0.4, -0.2) is 18.5 Å². The molecule has 1 aliphatic rings. The maximum absolute atomic E-state index is 12.9. The number of anilines is 1. The van der Waals surface area contributed by atoms with Crippen molar-refractivity contribution in [2.75, 3.05) is 11.4 Å². The van der Waals surface area contributed by atoms with Crippen molar-refractivity contribution in [3.05, 3.63) is 64.1 Å². The second-order valence-electron chi connectivity index (χ2n) is 6.27. The lowest BCUT2D eigenvalue weighted by molar-refractivity contribution is -0.120. The fraction of sp³-hybridized carbons (Fsp3) is 0.350. The van der Waals surface area contributed by atoms with Crippen LogP contribution in [0.15, 0.2) is 53.0 Å². The number of fused-ring (bicyclic) bond motifs is 1. The zero-order valence-electron chi connectivity index (χ0n) is 14.1. The number of carbonyl (C=O) groups is 1. The molecule has 0 radical (unpaired) electrons. The smallest absolute Gasteiger partial charge is 0.243 e. The van der Waals surface area contributed by atoms with Gasteiger partial charge in [0.15, 0.2) is 0 Å². The average Bonchev–Trinajstić information content (AvgIpc) is 3.03. The largest absolute Gasteiger partial charge is 0.310 e. The third-order valence-electron chi connectivity index (χ3n) is 4.66. The van der Waals surface area contributed by atoms with E-state index in [1.807, 2.05) is 42.2 Å². The monoisotopic (exact) mass is 386 g/mol. The van der Waals surface area contributed by atoms with Gasteiger partial charge in [0.25, 0.3) is 0 Å². The van der Waals surface area contributed by atoms with Crippen LogP contribution < -0.4 is 10.2 Å². The normalized spacial score (nSPS) is 15.9. The molecule has 2 atom stereocenters. The summed E-state index contributed by atoms with van der Waals surface area (Å²) in [4.78, 5) is 14.8. The summed E-state index contributed by atoms with van der Waals surface area (Å²) in [5, 5.41) is 3.50. The molecule has 0 aliphatic carbocycles. The van der Waals surface area contributed by atoms with Crippen molar-refractivity contribution in [2.24, 2.45) is 0 Å². The molecule has 1 N–H and O–H groups in total. The molecule has 1 aliphatic heterocycles. The van der Waals surface area contributed by atoms with Crippen LogP contribution in [0.4, 0.5) is 5.69 Å². The number of nitrogens with one attached hydrogen (secondary N) is 1. The maximum atomic E-state index is 12.9. The molecule has 0 aromatic heterocycles. The molecule has 1 heterocycles. The third kappa shape index (κ3) is 3.55. The standard InChI is InChI=1S/C20H23BrN2O/c1-3-18(15-8-10-17(21)11-9-15)22-14(2)20(24)23-13-12-16-6-4-5-7-19(16)23/h4-11,14,18,22H,3,12-13H2,1-2H3/t14-,18+/m0/s1. The van der Waals surface area contributed by atoms with Gasteiger partial charge in [0.2, 0.25) is 5.91 Å². The van der Waals surface area contributed by atoms with Crippen molar-refractivity contribution in [2.45, 2.75) is 38.8 Å². The van der Waals surface area contributed by atoms with Gasteiger partial charge in [-0.15, -0.1) is 0 Å². The van der Waals surface area contributed by atoms with E-state index >= 15 is 0 Å². The maximum Gasteiger partial charge on any atom is 0.243 e. The summed E-state index contributed by atoms with van der Waals surface area (Å²) >= 11 is 3.47. The molecule has 3 rings (SSSR count). The van der Waals surface area contributed by atoms with Gasteiger partial charge >= 0.3 is 0 Å². The number of carbonyl (C=O) groups excluding carboxylic acids is 1. The van der Waals surface area contributed by atoms with Gasteiger partial charge in [0, 0.05) is 22.7 Å². The highest BCUT2D eigenvalue weighted by Crippen LogP contribution is 2.28. The molecule has 0 bridgehead atoms. The van der Waals surface area contributed by atoms with Gasteiger partial charge in [-0.2, -0.15) is 0 Å². The number of hydrogen-bond acceptors (Lipinski definition) is 2. The van der Waals surface area contributed by atoms with Gasteiger partial charge in [-0.3, -0.25) is 10.1 Å². The summed E-state index contributed by atoms with van der Waals surface area (Å²) in [5.41, 5.74) is 3.54. The number of rotatable bonds is 5. The van der Waals surface area contributed by atoms with E-state index < -0.39 is 0 Å². The minimum absolute atomic E-state index is 0.149. The first-order chi connectivity index (χ1) is 11.6. The molecule has 1 amide bonds. The lowest BCUT2D eigenvalue weighted by Crippen LogP contribution is -2.45. The van der Waals surface area contributed by atoms with Gasteiger partial charge in [0.1, 0.15) is 0 Å². The number of para-hydroxylation sites is 1. The van der Waals surface area contributed by atoms with E-state index in [-0.39, 0.29) is 18.0 Å². The molecule has 0 fully saturated rings. The Balaban J connectivity index is 1.71. The van der Waals surface area contributed by atoms with Crippen LogP contribution >= 0.6 is 15.9 Å². The highest BCUT2D eigenvalue weighted by molar-refractivity contribution is 9.10. The summed E-state index contributed by atoms with van der Waals surface area (Å²) in [6, 6.07) is 16.4. The summed E-state index contributed by atoms with van der Waals surface area (Å²) in [5.74, 6) is 0.149. The molecule has 0 saturated carbocycles. The molecular weight excluding hydrogens is 364 g/mol. The molecular formula is C20H23BrN2O. The van der Waals surface area contributed by atoms with Crippen LogP contribution in [0.3, 0.4) is 0 Å². The lowest BCUT2D eigenvalue weighted by atomic mass is 10.0. The zero-order chi connectivity index (χ0) is 17.1. The Bertz CT molecular complexity index is 714. The van der Waals surface area contributed by atoms with Gasteiger partial charge in [-0.1, -0.05) is 53.2 Å². The van der Waals surface area contributed by atoms with Crippen molar-refractivity contribution >= 4 is 27.5 Å². The molecule has 4 heteroatoms. The van der Waals surface area contributed by atoms with Crippen molar-refractivity contribution < 1.29 is 4.79 Å². The van der Waals surface area contributed by atoms with E-state index in [2.05, 4.69) is 46.4 Å². The van der Waals surface area contributed by atoms with Gasteiger partial charge in [0.05, 0.1) is 6.04 Å². The first kappa shape index (κ1) is 17.2. The van der Waals surface area contributed by atoms with Crippen LogP contribution in [0, 0.1) is 0 Å². The lowest BCUT2D eigenvalue weighted by Gasteiger charge is -2.26. The number of halogens is 1. The molecule has 0 unspecified atom stereocenters. The number of nitrogens with zero attached hydrogens (tertiary/aromatic N) is 1. The molecule has 126 valence electrons. The first-order valence-electron chi connectivity index (χ1n) is 8.51. The molecule has 24 heavy (non-hydrogen) atoms. The van der Waals surface area contributed by atoms with Crippen molar-refractivity contribution in [3.63, 3.8) is 0 Å². The minimum atomic E-state index is -0.218. The summed E-state index contributed by atoms with van der Waals surface area (Å²) in [6.07, 6.45) is 1.88. The Morgan fingerprint density at radius 1 is 1.21 bits per heavy atom. The Labute approximate surface area is 152 Å². The topological polar surface area (TPSA) is 32.3 Å². The SMILES string of the molecule is CC[C@@H](N[C@@H](C)C(=O)N1CCc2ccccc21)c1ccc(Br)cc1. The quantitative estimate of drug-likeness (QED) is 0.821. The molecule has 2 aromatic carbocycles. The van der Waals surface area contributed by atoms with E-state index in [0.29, 0.717) is 0 Å². The molecule has 2 aromatic rings. The van der Waals surface area contributed by atoms with Gasteiger partial charge in [-0.25, -0.2) is 0 Å². The number of hydrogen-bond donors (Lipinski definition) is 1. The van der Waals surface area contributed by atoms with Crippen molar-refractivity contribution in [1.29, 1.82) is 0 Å². The third-order valence-corrected chi connectivity index (χ3v) is 5.18. The highest BCUT2D eigenvalue weighted by atomic mass is 79.9. The van der Waals surface area contributed by atoms with Crippen LogP contribution in [0.5, 0.6) is 0 Å². The molecule has 0 saturated heterocycles. The van der Waals surface area contributed by atoms with Crippen molar-refractivity contribution in [1.82, 2.24) is 5.32 Å². The second kappa shape index (κ2) is 7.49. The zero-order valence-corrected chi connectivity index (χ0v) is 15.7. The Morgan fingerprint density at radius 2 is 1.92 bits per heavy atom. The first-order valence-corrected chi connectivity index (χ1v) is 9.30. The second-order valence-corrected chi connectivity index (χ2v) is 7.19. The summed E-state index contributed by atoms with van der Waals surface area (Å²) < 4.78 is 1.07. The van der Waals surface area contributed by atoms with Crippen LogP contribution in [0.2, 0.25) is 0 Å². The van der Waals surface area contributed by atoms with Gasteiger partial charge in [-0.05, 0) is 49.1 Å². The Kier molecular flexibility index (Phi) is 5.36. The molecule has 0 spiro atoms. The van der Waals surface area contributed by atoms with Crippen LogP contribution in [-0.2, 0) is 11.2 Å². The van der Waals surface area contributed by atoms with E-state index in [1.165, 1.54) is 11.1 Å². The fourth-order valence-electron chi connectivity index (χ4n) is 3.32. The van der Waals surface area contributed by atoms with Crippen LogP contribution in [0.1, 0.15) is 37.4 Å². The fourth-order valence-corrected chi connectivity index (χ4v) is 3.58. The average molecular weight is 387 g/mol. The van der Waals surface area contributed by atoms with E-state index in [1.54, 1.807) is 0 Å². The molecule has 3 nitrogen and oxygen atoms in total. The van der Waals surface area contributed by atoms with Gasteiger partial charge < -0.3 is 4.90 Å².